The van der Waals surface area contributed by atoms with Gasteiger partial charge >= 0.3 is 0 Å². The van der Waals surface area contributed by atoms with Gasteiger partial charge in [0.1, 0.15) is 5.15 Å². The van der Waals surface area contributed by atoms with Crippen molar-refractivity contribution in [1.82, 2.24) is 19.9 Å². The second-order valence-electron chi connectivity index (χ2n) is 5.79. The number of nitrogens with zero attached hydrogens (tertiary/aromatic N) is 3. The molecule has 1 atom stereocenters. The quantitative estimate of drug-likeness (QED) is 0.267. The molecule has 1 aliphatic rings. The van der Waals surface area contributed by atoms with Crippen molar-refractivity contribution < 1.29 is 8.42 Å². The van der Waals surface area contributed by atoms with Crippen LogP contribution in [0, 0.1) is 0 Å². The lowest BCUT2D eigenvalue weighted by molar-refractivity contribution is 0.387. The van der Waals surface area contributed by atoms with Crippen molar-refractivity contribution in [2.24, 2.45) is 4.99 Å². The number of aliphatic imine (C=N–C) groups is 1. The van der Waals surface area contributed by atoms with Crippen molar-refractivity contribution in [1.29, 1.82) is 0 Å². The first-order valence-corrected chi connectivity index (χ1v) is 10.1. The van der Waals surface area contributed by atoms with E-state index in [1.165, 1.54) is 6.26 Å². The molecule has 0 unspecified atom stereocenters. The molecule has 7 nitrogen and oxygen atoms in total. The summed E-state index contributed by atoms with van der Waals surface area (Å²) in [7, 11) is -1.45. The number of guanidine groups is 1. The zero-order valence-electron chi connectivity index (χ0n) is 14.4. The number of hydrogen-bond donors (Lipinski definition) is 2. The van der Waals surface area contributed by atoms with Crippen LogP contribution in [0.25, 0.3) is 0 Å². The lowest BCUT2D eigenvalue weighted by atomic mass is 10.2. The Balaban J connectivity index is 0.00000312. The van der Waals surface area contributed by atoms with Gasteiger partial charge in [0.15, 0.2) is 5.96 Å². The van der Waals surface area contributed by atoms with Crippen LogP contribution in [-0.4, -0.2) is 62.6 Å². The van der Waals surface area contributed by atoms with Gasteiger partial charge < -0.3 is 10.6 Å². The molecule has 0 aliphatic carbocycles. The Bertz CT molecular complexity index is 669. The highest BCUT2D eigenvalue weighted by Gasteiger charge is 2.31. The van der Waals surface area contributed by atoms with Crippen molar-refractivity contribution in [2.45, 2.75) is 25.3 Å². The van der Waals surface area contributed by atoms with Crippen molar-refractivity contribution in [3.8, 4) is 0 Å². The van der Waals surface area contributed by atoms with Crippen LogP contribution in [0.15, 0.2) is 23.3 Å². The standard InChI is InChI=1S/C15H24ClN5O2S.HI/c1-17-15(18-8-7-12-5-6-14(16)19-10-12)20-11-13-4-3-9-21(13)24(2,22)23;/h5-6,10,13H,3-4,7-9,11H2,1-2H3,(H2,17,18,20);1H/t13-;/m1./s1. The summed E-state index contributed by atoms with van der Waals surface area (Å²) in [5.41, 5.74) is 1.08. The zero-order chi connectivity index (χ0) is 17.6. The van der Waals surface area contributed by atoms with Gasteiger partial charge in [-0.25, -0.2) is 13.4 Å². The molecule has 0 radical (unpaired) electrons. The number of aromatic nitrogens is 1. The Morgan fingerprint density at radius 1 is 1.44 bits per heavy atom. The molecule has 2 rings (SSSR count). The Morgan fingerprint density at radius 2 is 2.20 bits per heavy atom. The van der Waals surface area contributed by atoms with Gasteiger partial charge in [-0.15, -0.1) is 24.0 Å². The second kappa shape index (κ2) is 10.5. The molecule has 2 N–H and O–H groups in total. The van der Waals surface area contributed by atoms with E-state index in [-0.39, 0.29) is 30.0 Å². The third-order valence-corrected chi connectivity index (χ3v) is 5.53. The third kappa shape index (κ3) is 7.24. The Morgan fingerprint density at radius 3 is 2.80 bits per heavy atom. The van der Waals surface area contributed by atoms with Crippen LogP contribution in [0.3, 0.4) is 0 Å². The molecule has 1 saturated heterocycles. The molecule has 1 fully saturated rings. The summed E-state index contributed by atoms with van der Waals surface area (Å²) in [6, 6.07) is 3.69. The average molecular weight is 502 g/mol. The van der Waals surface area contributed by atoms with Crippen LogP contribution >= 0.6 is 35.6 Å². The monoisotopic (exact) mass is 501 g/mol. The topological polar surface area (TPSA) is 86.7 Å². The largest absolute Gasteiger partial charge is 0.356 e. The van der Waals surface area contributed by atoms with Gasteiger partial charge in [0.05, 0.1) is 6.26 Å². The number of halogens is 2. The average Bonchev–Trinajstić information content (AvgIpc) is 3.01. The minimum Gasteiger partial charge on any atom is -0.356 e. The molecule has 25 heavy (non-hydrogen) atoms. The van der Waals surface area contributed by atoms with Crippen LogP contribution in [0.4, 0.5) is 0 Å². The molecule has 10 heteroatoms. The van der Waals surface area contributed by atoms with E-state index in [0.717, 1.165) is 24.8 Å². The first-order valence-electron chi connectivity index (χ1n) is 7.92. The molecule has 2 heterocycles. The van der Waals surface area contributed by atoms with Crippen LogP contribution in [0.5, 0.6) is 0 Å². The van der Waals surface area contributed by atoms with E-state index in [0.29, 0.717) is 30.7 Å². The van der Waals surface area contributed by atoms with Gasteiger partial charge in [-0.1, -0.05) is 17.7 Å². The van der Waals surface area contributed by atoms with Gasteiger partial charge in [0.2, 0.25) is 10.0 Å². The lowest BCUT2D eigenvalue weighted by Gasteiger charge is -2.23. The number of pyridine rings is 1. The van der Waals surface area contributed by atoms with Gasteiger partial charge in [-0.3, -0.25) is 4.99 Å². The van der Waals surface area contributed by atoms with E-state index in [1.54, 1.807) is 23.6 Å². The van der Waals surface area contributed by atoms with Gasteiger partial charge in [-0.2, -0.15) is 4.31 Å². The predicted molar refractivity (Wildman–Crippen MR) is 112 cm³/mol. The maximum absolute atomic E-state index is 11.7. The van der Waals surface area contributed by atoms with Crippen LogP contribution < -0.4 is 10.6 Å². The summed E-state index contributed by atoms with van der Waals surface area (Å²) in [6.07, 6.45) is 5.58. The van der Waals surface area contributed by atoms with Crippen molar-refractivity contribution in [2.75, 3.05) is 32.9 Å². The molecule has 142 valence electrons. The van der Waals surface area contributed by atoms with Gasteiger partial charge in [0, 0.05) is 38.9 Å². The first-order chi connectivity index (χ1) is 11.4. The fourth-order valence-electron chi connectivity index (χ4n) is 2.76. The fraction of sp³-hybridized carbons (Fsp3) is 0.600. The predicted octanol–water partition coefficient (Wildman–Crippen LogP) is 1.48. The maximum Gasteiger partial charge on any atom is 0.211 e. The van der Waals surface area contributed by atoms with E-state index in [1.807, 2.05) is 6.07 Å². The summed E-state index contributed by atoms with van der Waals surface area (Å²) in [5.74, 6) is 0.664. The van der Waals surface area contributed by atoms with E-state index in [4.69, 9.17) is 11.6 Å². The summed E-state index contributed by atoms with van der Waals surface area (Å²) in [4.78, 5) is 8.22. The molecule has 0 spiro atoms. The molecule has 0 aromatic carbocycles. The molecule has 1 aromatic rings. The second-order valence-corrected chi connectivity index (χ2v) is 8.11. The molecular formula is C15H25ClIN5O2S. The summed E-state index contributed by atoms with van der Waals surface area (Å²) in [6.45, 7) is 1.85. The number of hydrogen-bond acceptors (Lipinski definition) is 4. The number of sulfonamides is 1. The molecule has 0 saturated carbocycles. The lowest BCUT2D eigenvalue weighted by Crippen LogP contribution is -2.46. The first kappa shape index (κ1) is 22.4. The molecule has 0 bridgehead atoms. The van der Waals surface area contributed by atoms with Crippen LogP contribution in [0.2, 0.25) is 5.15 Å². The summed E-state index contributed by atoms with van der Waals surface area (Å²) < 4.78 is 25.1. The smallest absolute Gasteiger partial charge is 0.211 e. The Hall–Kier alpha value is -0.650. The van der Waals surface area contributed by atoms with Gasteiger partial charge in [0.25, 0.3) is 0 Å². The maximum atomic E-state index is 11.7. The normalized spacial score (nSPS) is 18.7. The zero-order valence-corrected chi connectivity index (χ0v) is 18.3. The number of rotatable bonds is 6. The third-order valence-electron chi connectivity index (χ3n) is 3.97. The van der Waals surface area contributed by atoms with E-state index in [2.05, 4.69) is 20.6 Å². The van der Waals surface area contributed by atoms with Crippen molar-refractivity contribution in [3.63, 3.8) is 0 Å². The van der Waals surface area contributed by atoms with Crippen molar-refractivity contribution in [3.05, 3.63) is 29.0 Å². The minimum atomic E-state index is -3.15. The SMILES string of the molecule is CN=C(NCCc1ccc(Cl)nc1)NC[C@H]1CCCN1S(C)(=O)=O.I. The Kier molecular flexibility index (Phi) is 9.39. The molecule has 1 aliphatic heterocycles. The Labute approximate surface area is 171 Å². The fourth-order valence-corrected chi connectivity index (χ4v) is 4.06. The number of nitrogens with one attached hydrogen (secondary N) is 2. The molecule has 1 aromatic heterocycles. The molecule has 0 amide bonds. The van der Waals surface area contributed by atoms with E-state index < -0.39 is 10.0 Å². The summed E-state index contributed by atoms with van der Waals surface area (Å²) in [5, 5.41) is 6.91. The highest BCUT2D eigenvalue weighted by molar-refractivity contribution is 14.0. The minimum absolute atomic E-state index is 0. The van der Waals surface area contributed by atoms with E-state index in [9.17, 15) is 8.42 Å². The van der Waals surface area contributed by atoms with Crippen molar-refractivity contribution >= 4 is 51.6 Å². The van der Waals surface area contributed by atoms with Crippen LogP contribution in [0.1, 0.15) is 18.4 Å². The highest BCUT2D eigenvalue weighted by Crippen LogP contribution is 2.19. The van der Waals surface area contributed by atoms with Crippen LogP contribution in [-0.2, 0) is 16.4 Å². The molecular weight excluding hydrogens is 477 g/mol. The van der Waals surface area contributed by atoms with E-state index >= 15 is 0 Å². The summed E-state index contributed by atoms with van der Waals surface area (Å²) >= 11 is 5.76. The highest BCUT2D eigenvalue weighted by atomic mass is 127. The van der Waals surface area contributed by atoms with Gasteiger partial charge in [-0.05, 0) is 30.9 Å².